The van der Waals surface area contributed by atoms with E-state index in [9.17, 15) is 9.32 Å². The number of aliphatic hydroxyl groups excluding tert-OH is 1. The van der Waals surface area contributed by atoms with Crippen molar-refractivity contribution >= 4 is 10.8 Å². The Labute approximate surface area is 142 Å². The van der Waals surface area contributed by atoms with E-state index in [0.29, 0.717) is 18.5 Å². The van der Waals surface area contributed by atoms with E-state index in [2.05, 4.69) is 24.8 Å². The van der Waals surface area contributed by atoms with Gasteiger partial charge in [0.2, 0.25) is 0 Å². The second-order valence-corrected chi connectivity index (χ2v) is 7.46. The summed E-state index contributed by atoms with van der Waals surface area (Å²) < 4.78 is 11.6. The Morgan fingerprint density at radius 1 is 1.26 bits per heavy atom. The van der Waals surface area contributed by atoms with E-state index >= 15 is 0 Å². The van der Waals surface area contributed by atoms with E-state index in [4.69, 9.17) is 5.26 Å². The minimum atomic E-state index is -0.701. The summed E-state index contributed by atoms with van der Waals surface area (Å²) in [6.45, 7) is 6.51. The van der Waals surface area contributed by atoms with E-state index in [-0.39, 0.29) is 0 Å². The lowest BCUT2D eigenvalue weighted by molar-refractivity contribution is 0.115. The van der Waals surface area contributed by atoms with Crippen LogP contribution < -0.4 is 0 Å². The summed E-state index contributed by atoms with van der Waals surface area (Å²) in [6, 6.07) is 9.44. The van der Waals surface area contributed by atoms with Gasteiger partial charge in [-0.05, 0) is 50.0 Å². The molecule has 1 aromatic carbocycles. The number of rotatable bonds is 11. The maximum absolute atomic E-state index is 11.6. The van der Waals surface area contributed by atoms with Crippen molar-refractivity contribution in [2.45, 2.75) is 39.2 Å². The first-order valence-corrected chi connectivity index (χ1v) is 9.82. The van der Waals surface area contributed by atoms with Crippen LogP contribution in [0.5, 0.6) is 0 Å². The molecule has 0 radical (unpaired) electrons. The third kappa shape index (κ3) is 8.26. The Morgan fingerprint density at radius 3 is 2.52 bits per heavy atom. The number of benzene rings is 1. The van der Waals surface area contributed by atoms with Crippen LogP contribution in [0, 0.1) is 11.3 Å². The highest BCUT2D eigenvalue weighted by molar-refractivity contribution is 7.84. The van der Waals surface area contributed by atoms with Crippen molar-refractivity contribution < 1.29 is 9.32 Å². The van der Waals surface area contributed by atoms with Crippen molar-refractivity contribution in [2.75, 3.05) is 31.1 Å². The van der Waals surface area contributed by atoms with Crippen molar-refractivity contribution in [3.05, 3.63) is 35.4 Å². The van der Waals surface area contributed by atoms with Crippen LogP contribution in [0.1, 0.15) is 37.8 Å². The van der Waals surface area contributed by atoms with Crippen molar-refractivity contribution in [2.24, 2.45) is 0 Å². The van der Waals surface area contributed by atoms with Crippen LogP contribution in [0.4, 0.5) is 0 Å². The van der Waals surface area contributed by atoms with Gasteiger partial charge in [-0.1, -0.05) is 26.0 Å². The van der Waals surface area contributed by atoms with E-state index in [1.807, 2.05) is 12.1 Å². The first kappa shape index (κ1) is 19.8. The standard InChI is InChI=1S/C18H28N2O2S/c1-3-11-23(22)12-5-10-20(4-2)15-18(21)13-16-6-8-17(14-19)9-7-16/h6-9,18,21H,3-5,10-13,15H2,1-2H3/t18-,23-/m1/s1. The summed E-state index contributed by atoms with van der Waals surface area (Å²) in [4.78, 5) is 2.21. The first-order valence-electron chi connectivity index (χ1n) is 8.33. The summed E-state index contributed by atoms with van der Waals surface area (Å²) in [5, 5.41) is 19.0. The van der Waals surface area contributed by atoms with Gasteiger partial charge in [-0.15, -0.1) is 0 Å². The van der Waals surface area contributed by atoms with Crippen molar-refractivity contribution in [3.63, 3.8) is 0 Å². The molecule has 23 heavy (non-hydrogen) atoms. The molecule has 0 fully saturated rings. The zero-order valence-electron chi connectivity index (χ0n) is 14.2. The Balaban J connectivity index is 2.35. The third-order valence-electron chi connectivity index (χ3n) is 3.75. The summed E-state index contributed by atoms with van der Waals surface area (Å²) in [7, 11) is -0.701. The quantitative estimate of drug-likeness (QED) is 0.673. The molecule has 5 heteroatoms. The smallest absolute Gasteiger partial charge is 0.0991 e. The molecule has 128 valence electrons. The second kappa shape index (κ2) is 11.3. The highest BCUT2D eigenvalue weighted by atomic mass is 32.2. The molecule has 0 saturated heterocycles. The molecule has 0 unspecified atom stereocenters. The van der Waals surface area contributed by atoms with Crippen molar-refractivity contribution in [1.29, 1.82) is 5.26 Å². The lowest BCUT2D eigenvalue weighted by atomic mass is 10.1. The number of aliphatic hydroxyl groups is 1. The number of likely N-dealkylation sites (N-methyl/N-ethyl adjacent to an activating group) is 1. The molecule has 0 spiro atoms. The van der Waals surface area contributed by atoms with E-state index in [0.717, 1.165) is 43.0 Å². The molecule has 4 nitrogen and oxygen atoms in total. The summed E-state index contributed by atoms with van der Waals surface area (Å²) >= 11 is 0. The predicted octanol–water partition coefficient (Wildman–Crippen LogP) is 2.33. The molecular formula is C18H28N2O2S. The molecule has 2 atom stereocenters. The van der Waals surface area contributed by atoms with E-state index in [1.165, 1.54) is 0 Å². The number of hydrogen-bond donors (Lipinski definition) is 1. The van der Waals surface area contributed by atoms with Crippen LogP contribution in [-0.4, -0.2) is 51.5 Å². The Kier molecular flexibility index (Phi) is 9.77. The second-order valence-electron chi connectivity index (χ2n) is 5.76. The molecule has 1 N–H and O–H groups in total. The Hall–Kier alpha value is -1.22. The first-order chi connectivity index (χ1) is 11.1. The lowest BCUT2D eigenvalue weighted by Crippen LogP contribution is -2.34. The molecule has 0 amide bonds. The highest BCUT2D eigenvalue weighted by Gasteiger charge is 2.11. The maximum atomic E-state index is 11.6. The van der Waals surface area contributed by atoms with Gasteiger partial charge in [0.05, 0.1) is 17.7 Å². The Morgan fingerprint density at radius 2 is 1.96 bits per heavy atom. The lowest BCUT2D eigenvalue weighted by Gasteiger charge is -2.23. The molecule has 0 saturated carbocycles. The van der Waals surface area contributed by atoms with Gasteiger partial charge in [-0.3, -0.25) is 4.21 Å². The van der Waals surface area contributed by atoms with Crippen LogP contribution >= 0.6 is 0 Å². The summed E-state index contributed by atoms with van der Waals surface area (Å²) in [5.41, 5.74) is 1.68. The Bertz CT molecular complexity index is 511. The molecule has 0 aliphatic rings. The topological polar surface area (TPSA) is 64.3 Å². The number of hydrogen-bond acceptors (Lipinski definition) is 4. The fourth-order valence-electron chi connectivity index (χ4n) is 2.51. The zero-order chi connectivity index (χ0) is 17.1. The molecule has 0 bridgehead atoms. The van der Waals surface area contributed by atoms with Gasteiger partial charge in [-0.25, -0.2) is 0 Å². The van der Waals surface area contributed by atoms with Gasteiger partial charge in [0.15, 0.2) is 0 Å². The fraction of sp³-hybridized carbons (Fsp3) is 0.611. The molecule has 1 aromatic rings. The van der Waals surface area contributed by atoms with Gasteiger partial charge in [0.25, 0.3) is 0 Å². The summed E-state index contributed by atoms with van der Waals surface area (Å²) in [6.07, 6.45) is 2.03. The van der Waals surface area contributed by atoms with Crippen LogP contribution in [0.15, 0.2) is 24.3 Å². The highest BCUT2D eigenvalue weighted by Crippen LogP contribution is 2.08. The average Bonchev–Trinajstić information content (AvgIpc) is 2.54. The van der Waals surface area contributed by atoms with Gasteiger partial charge in [0, 0.05) is 28.9 Å². The van der Waals surface area contributed by atoms with Gasteiger partial charge < -0.3 is 10.0 Å². The van der Waals surface area contributed by atoms with Crippen LogP contribution in [0.2, 0.25) is 0 Å². The largest absolute Gasteiger partial charge is 0.391 e. The molecular weight excluding hydrogens is 308 g/mol. The molecule has 1 rings (SSSR count). The van der Waals surface area contributed by atoms with Crippen molar-refractivity contribution in [1.82, 2.24) is 4.90 Å². The van der Waals surface area contributed by atoms with E-state index in [1.54, 1.807) is 12.1 Å². The predicted molar refractivity (Wildman–Crippen MR) is 95.8 cm³/mol. The molecule has 0 aliphatic carbocycles. The maximum Gasteiger partial charge on any atom is 0.0991 e. The third-order valence-corrected chi connectivity index (χ3v) is 5.36. The van der Waals surface area contributed by atoms with Gasteiger partial charge >= 0.3 is 0 Å². The minimum absolute atomic E-state index is 0.427. The SMILES string of the molecule is CCC[S@@](=O)CCCN(CC)C[C@H](O)Cc1ccc(C#N)cc1. The number of nitrogens with zero attached hydrogens (tertiary/aromatic N) is 2. The summed E-state index contributed by atoms with van der Waals surface area (Å²) in [5.74, 6) is 1.53. The fourth-order valence-corrected chi connectivity index (χ4v) is 3.62. The molecule has 0 heterocycles. The minimum Gasteiger partial charge on any atom is -0.391 e. The molecule has 0 aliphatic heterocycles. The zero-order valence-corrected chi connectivity index (χ0v) is 15.0. The normalized spacial score (nSPS) is 13.7. The van der Waals surface area contributed by atoms with Crippen LogP contribution in [0.3, 0.4) is 0 Å². The van der Waals surface area contributed by atoms with Gasteiger partial charge in [0.1, 0.15) is 0 Å². The molecule has 0 aromatic heterocycles. The average molecular weight is 337 g/mol. The van der Waals surface area contributed by atoms with Crippen LogP contribution in [-0.2, 0) is 17.2 Å². The monoisotopic (exact) mass is 336 g/mol. The van der Waals surface area contributed by atoms with Crippen LogP contribution in [0.25, 0.3) is 0 Å². The van der Waals surface area contributed by atoms with Crippen molar-refractivity contribution in [3.8, 4) is 6.07 Å². The van der Waals surface area contributed by atoms with Gasteiger partial charge in [-0.2, -0.15) is 5.26 Å². The number of nitriles is 1. The van der Waals surface area contributed by atoms with E-state index < -0.39 is 16.9 Å².